The van der Waals surface area contributed by atoms with E-state index in [1.807, 2.05) is 11.3 Å². The Labute approximate surface area is 496 Å². The molecule has 2 nitrogen and oxygen atoms in total. The Morgan fingerprint density at radius 3 is 1.35 bits per heavy atom. The van der Waals surface area contributed by atoms with Crippen molar-refractivity contribution < 1.29 is 0 Å². The topological polar surface area (TPSA) is 8.17 Å². The van der Waals surface area contributed by atoms with Crippen molar-refractivity contribution in [3.05, 3.63) is 315 Å². The van der Waals surface area contributed by atoms with Gasteiger partial charge in [0, 0.05) is 53.7 Å². The lowest BCUT2D eigenvalue weighted by Crippen LogP contribution is -2.09. The normalized spacial score (nSPS) is 11.8. The van der Waals surface area contributed by atoms with E-state index in [2.05, 4.69) is 325 Å². The van der Waals surface area contributed by atoms with E-state index >= 15 is 0 Å². The van der Waals surface area contributed by atoms with Crippen LogP contribution in [0.5, 0.6) is 0 Å². The molecule has 0 N–H and O–H groups in total. The first-order valence-electron chi connectivity index (χ1n) is 29.2. The zero-order valence-corrected chi connectivity index (χ0v) is 47.1. The predicted molar refractivity (Wildman–Crippen MR) is 366 cm³/mol. The molecular weight excluding hydrogens is 1040 g/mol. The Morgan fingerprint density at radius 2 is 0.659 bits per heavy atom. The Hall–Kier alpha value is -10.8. The molecule has 0 atom stereocenters. The molecule has 3 heteroatoms. The average Bonchev–Trinajstić information content (AvgIpc) is 2.28. The van der Waals surface area contributed by atoms with Gasteiger partial charge in [0.1, 0.15) is 0 Å². The Balaban J connectivity index is 0.779. The molecule has 0 radical (unpaired) electrons. The van der Waals surface area contributed by atoms with E-state index in [1.54, 1.807) is 0 Å². The van der Waals surface area contributed by atoms with Gasteiger partial charge in [0.25, 0.3) is 0 Å². The Morgan fingerprint density at radius 1 is 0.235 bits per heavy atom. The second-order valence-corrected chi connectivity index (χ2v) is 23.4. The molecule has 0 spiro atoms. The van der Waals surface area contributed by atoms with Gasteiger partial charge in [-0.2, -0.15) is 0 Å². The molecule has 2 heterocycles. The number of anilines is 3. The van der Waals surface area contributed by atoms with Crippen LogP contribution in [0.15, 0.2) is 315 Å². The first-order valence-corrected chi connectivity index (χ1v) is 30.0. The summed E-state index contributed by atoms with van der Waals surface area (Å²) in [7, 11) is 0. The van der Waals surface area contributed by atoms with Gasteiger partial charge in [-0.25, -0.2) is 0 Å². The van der Waals surface area contributed by atoms with E-state index < -0.39 is 0 Å². The molecule has 0 unspecified atom stereocenters. The lowest BCUT2D eigenvalue weighted by Gasteiger charge is -2.26. The standard InChI is InChI=1S/C82H52N2S/c1-2-15-53(16-3-1)54-31-40-62(41-32-54)83(64-44-35-57(36-45-64)68-28-14-30-81-82(68)74-26-10-11-29-80(74)85-81)63-42-33-55(34-43-63)59-38-47-78-76(51-59)77-52-61(67-27-13-18-56-17-4-5-21-66(56)67)39-48-79(77)84(78)65-20-12-19-58(49-65)60-37-46-73-71-24-7-6-22-69(71)70-23-8-9-25-72(70)75(73)50-60/h1-52H. The van der Waals surface area contributed by atoms with Gasteiger partial charge >= 0.3 is 0 Å². The highest BCUT2D eigenvalue weighted by Gasteiger charge is 2.20. The smallest absolute Gasteiger partial charge is 0.0541 e. The largest absolute Gasteiger partial charge is 0.311 e. The van der Waals surface area contributed by atoms with E-state index in [0.717, 1.165) is 39.4 Å². The summed E-state index contributed by atoms with van der Waals surface area (Å²) in [6.07, 6.45) is 0. The zero-order valence-electron chi connectivity index (χ0n) is 46.3. The molecular formula is C82H52N2S. The summed E-state index contributed by atoms with van der Waals surface area (Å²) in [6.45, 7) is 0. The molecule has 0 aliphatic heterocycles. The quantitative estimate of drug-likeness (QED) is 0.131. The minimum atomic E-state index is 1.08. The molecule has 85 heavy (non-hydrogen) atoms. The number of thiophene rings is 1. The van der Waals surface area contributed by atoms with E-state index in [9.17, 15) is 0 Å². The molecule has 0 amide bonds. The maximum atomic E-state index is 2.47. The van der Waals surface area contributed by atoms with Crippen LogP contribution < -0.4 is 4.90 Å². The van der Waals surface area contributed by atoms with Gasteiger partial charge in [0.05, 0.1) is 11.0 Å². The molecule has 2 aromatic heterocycles. The summed E-state index contributed by atoms with van der Waals surface area (Å²) in [6, 6.07) is 117. The van der Waals surface area contributed by atoms with Crippen LogP contribution in [0.2, 0.25) is 0 Å². The predicted octanol–water partition coefficient (Wildman–Crippen LogP) is 23.6. The summed E-state index contributed by atoms with van der Waals surface area (Å²) >= 11 is 1.86. The van der Waals surface area contributed by atoms with Gasteiger partial charge in [-0.15, -0.1) is 11.3 Å². The second kappa shape index (κ2) is 20.0. The van der Waals surface area contributed by atoms with Crippen LogP contribution in [0.3, 0.4) is 0 Å². The molecule has 0 fully saturated rings. The van der Waals surface area contributed by atoms with Crippen molar-refractivity contribution in [1.29, 1.82) is 0 Å². The molecule has 17 aromatic rings. The molecule has 0 aliphatic rings. The van der Waals surface area contributed by atoms with Crippen LogP contribution in [0.1, 0.15) is 0 Å². The fourth-order valence-electron chi connectivity index (χ4n) is 13.5. The maximum absolute atomic E-state index is 2.47. The van der Waals surface area contributed by atoms with Crippen LogP contribution in [0, 0.1) is 0 Å². The number of fused-ring (bicyclic) bond motifs is 13. The van der Waals surface area contributed by atoms with Gasteiger partial charge in [0.2, 0.25) is 0 Å². The zero-order chi connectivity index (χ0) is 56.0. The van der Waals surface area contributed by atoms with Gasteiger partial charge < -0.3 is 9.47 Å². The Kier molecular flexibility index (Phi) is 11.5. The molecule has 0 saturated heterocycles. The lowest BCUT2D eigenvalue weighted by atomic mass is 9.92. The van der Waals surface area contributed by atoms with Gasteiger partial charge in [-0.1, -0.05) is 224 Å². The van der Waals surface area contributed by atoms with E-state index in [4.69, 9.17) is 0 Å². The molecule has 396 valence electrons. The van der Waals surface area contributed by atoms with Crippen LogP contribution in [0.25, 0.3) is 146 Å². The fraction of sp³-hybridized carbons (Fsp3) is 0. The third-order valence-corrected chi connectivity index (χ3v) is 18.7. The number of hydrogen-bond acceptors (Lipinski definition) is 2. The highest BCUT2D eigenvalue weighted by atomic mass is 32.1. The summed E-state index contributed by atoms with van der Waals surface area (Å²) in [5.41, 5.74) is 18.7. The first-order chi connectivity index (χ1) is 42.1. The summed E-state index contributed by atoms with van der Waals surface area (Å²) in [4.78, 5) is 2.38. The van der Waals surface area contributed by atoms with Gasteiger partial charge in [-0.3, -0.25) is 0 Å². The van der Waals surface area contributed by atoms with Gasteiger partial charge in [-0.05, 0) is 190 Å². The second-order valence-electron chi connectivity index (χ2n) is 22.3. The molecule has 0 bridgehead atoms. The summed E-state index contributed by atoms with van der Waals surface area (Å²) < 4.78 is 5.09. The number of rotatable bonds is 9. The number of benzene rings is 15. The maximum Gasteiger partial charge on any atom is 0.0541 e. The van der Waals surface area contributed by atoms with Crippen molar-refractivity contribution in [2.24, 2.45) is 0 Å². The minimum Gasteiger partial charge on any atom is -0.311 e. The Bertz CT molecular complexity index is 5420. The number of nitrogens with zero attached hydrogens (tertiary/aromatic N) is 2. The minimum absolute atomic E-state index is 1.08. The van der Waals surface area contributed by atoms with Crippen LogP contribution in [-0.4, -0.2) is 4.57 Å². The highest BCUT2D eigenvalue weighted by Crippen LogP contribution is 2.45. The monoisotopic (exact) mass is 1100 g/mol. The first kappa shape index (κ1) is 48.8. The molecule has 0 aliphatic carbocycles. The van der Waals surface area contributed by atoms with Crippen molar-refractivity contribution in [3.63, 3.8) is 0 Å². The third-order valence-electron chi connectivity index (χ3n) is 17.6. The summed E-state index contributed by atoms with van der Waals surface area (Å²) in [5, 5.41) is 15.2. The van der Waals surface area contributed by atoms with Gasteiger partial charge in [0.15, 0.2) is 0 Å². The van der Waals surface area contributed by atoms with Crippen molar-refractivity contribution in [1.82, 2.24) is 4.57 Å². The van der Waals surface area contributed by atoms with Crippen molar-refractivity contribution in [2.45, 2.75) is 0 Å². The molecule has 17 rings (SSSR count). The third kappa shape index (κ3) is 8.23. The SMILES string of the molecule is c1ccc(-c2ccc(N(c3ccc(-c4ccc5c(c4)c4cc(-c6cccc7ccccc67)ccc4n5-c4cccc(-c5ccc6c7ccccc7c7ccccc7c6c5)c4)cc3)c3ccc(-c4cccc5sc6ccccc6c45)cc3)cc2)cc1. The van der Waals surface area contributed by atoms with Crippen molar-refractivity contribution in [3.8, 4) is 61.3 Å². The van der Waals surface area contributed by atoms with E-state index in [1.165, 1.54) is 124 Å². The average molecular weight is 1100 g/mol. The van der Waals surface area contributed by atoms with E-state index in [0.29, 0.717) is 0 Å². The van der Waals surface area contributed by atoms with Crippen LogP contribution in [-0.2, 0) is 0 Å². The lowest BCUT2D eigenvalue weighted by molar-refractivity contribution is 1.18. The van der Waals surface area contributed by atoms with Crippen LogP contribution in [0.4, 0.5) is 17.1 Å². The number of hydrogen-bond donors (Lipinski definition) is 0. The van der Waals surface area contributed by atoms with Crippen molar-refractivity contribution in [2.75, 3.05) is 4.90 Å². The fourth-order valence-corrected chi connectivity index (χ4v) is 14.7. The number of aromatic nitrogens is 1. The molecule has 0 saturated carbocycles. The molecule has 15 aromatic carbocycles. The van der Waals surface area contributed by atoms with E-state index in [-0.39, 0.29) is 0 Å². The summed E-state index contributed by atoms with van der Waals surface area (Å²) in [5.74, 6) is 0. The highest BCUT2D eigenvalue weighted by molar-refractivity contribution is 7.26. The van der Waals surface area contributed by atoms with Crippen molar-refractivity contribution >= 4 is 113 Å². The van der Waals surface area contributed by atoms with Crippen LogP contribution >= 0.6 is 11.3 Å².